The van der Waals surface area contributed by atoms with Crippen molar-refractivity contribution in [3.8, 4) is 0 Å². The Hall–Kier alpha value is -1.43. The fraction of sp³-hybridized carbons (Fsp3) is 0.556. The van der Waals surface area contributed by atoms with Crippen LogP contribution in [0.3, 0.4) is 0 Å². The van der Waals surface area contributed by atoms with Gasteiger partial charge in [-0.3, -0.25) is 9.59 Å². The van der Waals surface area contributed by atoms with Gasteiger partial charge in [0.25, 0.3) is 5.76 Å². The molecule has 1 amide bonds. The van der Waals surface area contributed by atoms with Crippen molar-refractivity contribution in [2.75, 3.05) is 5.32 Å². The molecule has 2 fully saturated rings. The Morgan fingerprint density at radius 2 is 1.79 bits per heavy atom. The highest BCUT2D eigenvalue weighted by Crippen LogP contribution is 2.70. The number of carbonyl (C=O) groups is 2. The van der Waals surface area contributed by atoms with E-state index < -0.39 is 22.0 Å². The molecule has 3 rings (SSSR count). The van der Waals surface area contributed by atoms with Gasteiger partial charge in [0.2, 0.25) is 5.91 Å². The number of benzene rings is 1. The van der Waals surface area contributed by atoms with Crippen LogP contribution in [0.1, 0.15) is 40.0 Å². The fourth-order valence-electron chi connectivity index (χ4n) is 4.33. The van der Waals surface area contributed by atoms with Crippen molar-refractivity contribution < 1.29 is 18.4 Å². The number of thioether (sulfide) groups is 1. The number of nitrogens with one attached hydrogen (secondary N) is 1. The molecule has 0 heterocycles. The summed E-state index contributed by atoms with van der Waals surface area (Å²) in [7, 11) is 0. The smallest absolute Gasteiger partial charge is 0.288 e. The number of carbonyl (C=O) groups excluding carboxylic acids is 2. The molecule has 24 heavy (non-hydrogen) atoms. The number of Topliss-reactive ketones (excluding diaryl/α,β-unsaturated/α-hetero) is 1. The second kappa shape index (κ2) is 5.55. The standard InChI is InChI=1S/C18H21F2NO2S/c1-16(2)17(3)8-9-18(16,10-13(17)22)14(23)21-11-4-6-12(7-5-11)24-15(19)20/h4-7,15H,8-10H2,1-3H3,(H,21,23)/t17-,18-/m0/s1. The van der Waals surface area contributed by atoms with Crippen molar-refractivity contribution in [3.05, 3.63) is 24.3 Å². The van der Waals surface area contributed by atoms with Gasteiger partial charge in [0.15, 0.2) is 0 Å². The Bertz CT molecular complexity index is 689. The molecule has 0 aliphatic heterocycles. The van der Waals surface area contributed by atoms with Gasteiger partial charge >= 0.3 is 0 Å². The minimum Gasteiger partial charge on any atom is -0.326 e. The van der Waals surface area contributed by atoms with Gasteiger partial charge in [0.05, 0.1) is 5.41 Å². The van der Waals surface area contributed by atoms with Gasteiger partial charge in [-0.15, -0.1) is 0 Å². The molecule has 0 unspecified atom stereocenters. The third kappa shape index (κ3) is 2.30. The van der Waals surface area contributed by atoms with E-state index in [4.69, 9.17) is 0 Å². The molecule has 0 spiro atoms. The summed E-state index contributed by atoms with van der Waals surface area (Å²) in [5.74, 6) is -2.44. The molecule has 0 radical (unpaired) electrons. The number of rotatable bonds is 4. The van der Waals surface area contributed by atoms with Crippen LogP contribution in [0.15, 0.2) is 29.2 Å². The molecule has 2 aliphatic carbocycles. The summed E-state index contributed by atoms with van der Waals surface area (Å²) in [5, 5.41) is 2.89. The van der Waals surface area contributed by atoms with Gasteiger partial charge in [-0.05, 0) is 42.5 Å². The van der Waals surface area contributed by atoms with Crippen molar-refractivity contribution in [2.45, 2.75) is 50.7 Å². The summed E-state index contributed by atoms with van der Waals surface area (Å²) < 4.78 is 24.7. The maximum Gasteiger partial charge on any atom is 0.288 e. The van der Waals surface area contributed by atoms with Crippen LogP contribution in [-0.2, 0) is 9.59 Å². The molecule has 6 heteroatoms. The Morgan fingerprint density at radius 3 is 2.25 bits per heavy atom. The van der Waals surface area contributed by atoms with Gasteiger partial charge in [-0.1, -0.05) is 32.5 Å². The second-order valence-electron chi connectivity index (χ2n) is 7.50. The van der Waals surface area contributed by atoms with Gasteiger partial charge in [-0.25, -0.2) is 0 Å². The molecule has 1 aromatic carbocycles. The van der Waals surface area contributed by atoms with E-state index in [0.29, 0.717) is 28.8 Å². The lowest BCUT2D eigenvalue weighted by Crippen LogP contribution is -2.43. The van der Waals surface area contributed by atoms with Gasteiger partial charge in [0, 0.05) is 22.4 Å². The number of halogens is 2. The number of hydrogen-bond acceptors (Lipinski definition) is 3. The second-order valence-corrected chi connectivity index (χ2v) is 8.56. The third-order valence-electron chi connectivity index (χ3n) is 6.48. The SMILES string of the molecule is CC1(C)[C@@]2(C(=O)Nc3ccc(SC(F)F)cc3)CC[C@@]1(C)C(=O)C2. The number of amides is 1. The average Bonchev–Trinajstić information content (AvgIpc) is 2.79. The lowest BCUT2D eigenvalue weighted by atomic mass is 9.64. The summed E-state index contributed by atoms with van der Waals surface area (Å²) in [5.41, 5.74) is -0.957. The van der Waals surface area contributed by atoms with Crippen LogP contribution < -0.4 is 5.32 Å². The van der Waals surface area contributed by atoms with Crippen molar-refractivity contribution in [3.63, 3.8) is 0 Å². The zero-order chi connectivity index (χ0) is 17.8. The highest BCUT2D eigenvalue weighted by Gasteiger charge is 2.72. The summed E-state index contributed by atoms with van der Waals surface area (Å²) in [6.07, 6.45) is 1.71. The van der Waals surface area contributed by atoms with Crippen molar-refractivity contribution in [1.82, 2.24) is 0 Å². The fourth-order valence-corrected chi connectivity index (χ4v) is 4.83. The summed E-state index contributed by atoms with van der Waals surface area (Å²) >= 11 is 0.471. The number of hydrogen-bond donors (Lipinski definition) is 1. The van der Waals surface area contributed by atoms with Crippen LogP contribution in [0.5, 0.6) is 0 Å². The maximum atomic E-state index is 13.0. The average molecular weight is 353 g/mol. The molecular formula is C18H21F2NO2S. The quantitative estimate of drug-likeness (QED) is 0.796. The minimum atomic E-state index is -2.47. The Morgan fingerprint density at radius 1 is 1.17 bits per heavy atom. The maximum absolute atomic E-state index is 13.0. The summed E-state index contributed by atoms with van der Waals surface area (Å²) in [4.78, 5) is 25.9. The number of anilines is 1. The van der Waals surface area contributed by atoms with Crippen LogP contribution in [0.4, 0.5) is 14.5 Å². The van der Waals surface area contributed by atoms with Gasteiger partial charge < -0.3 is 5.32 Å². The predicted molar refractivity (Wildman–Crippen MR) is 90.1 cm³/mol. The van der Waals surface area contributed by atoms with Gasteiger partial charge in [0.1, 0.15) is 5.78 Å². The molecule has 2 bridgehead atoms. The van der Waals surface area contributed by atoms with E-state index in [0.717, 1.165) is 6.42 Å². The van der Waals surface area contributed by atoms with Crippen molar-refractivity contribution in [2.24, 2.45) is 16.2 Å². The molecule has 2 aliphatic rings. The predicted octanol–water partition coefficient (Wildman–Crippen LogP) is 4.73. The van der Waals surface area contributed by atoms with E-state index in [1.54, 1.807) is 24.3 Å². The first-order chi connectivity index (χ1) is 11.1. The molecule has 1 aromatic rings. The van der Waals surface area contributed by atoms with E-state index in [2.05, 4.69) is 5.32 Å². The number of alkyl halides is 2. The lowest BCUT2D eigenvalue weighted by Gasteiger charge is -2.38. The lowest BCUT2D eigenvalue weighted by molar-refractivity contribution is -0.131. The molecule has 2 atom stereocenters. The highest BCUT2D eigenvalue weighted by atomic mass is 32.2. The van der Waals surface area contributed by atoms with Gasteiger partial charge in [-0.2, -0.15) is 8.78 Å². The molecule has 0 saturated heterocycles. The third-order valence-corrected chi connectivity index (χ3v) is 7.20. The normalized spacial score (nSPS) is 30.8. The summed E-state index contributed by atoms with van der Waals surface area (Å²) in [6, 6.07) is 6.37. The van der Waals surface area contributed by atoms with E-state index in [-0.39, 0.29) is 18.1 Å². The van der Waals surface area contributed by atoms with E-state index >= 15 is 0 Å². The van der Waals surface area contributed by atoms with Crippen LogP contribution in [0.25, 0.3) is 0 Å². The van der Waals surface area contributed by atoms with Crippen LogP contribution in [0.2, 0.25) is 0 Å². The monoisotopic (exact) mass is 353 g/mol. The van der Waals surface area contributed by atoms with Crippen molar-refractivity contribution >= 4 is 29.1 Å². The Labute approximate surface area is 144 Å². The molecular weight excluding hydrogens is 332 g/mol. The first-order valence-corrected chi connectivity index (χ1v) is 8.90. The van der Waals surface area contributed by atoms with E-state index in [1.165, 1.54) is 0 Å². The molecule has 130 valence electrons. The van der Waals surface area contributed by atoms with E-state index in [1.807, 2.05) is 20.8 Å². The first-order valence-electron chi connectivity index (χ1n) is 8.02. The van der Waals surface area contributed by atoms with Crippen LogP contribution in [0, 0.1) is 16.2 Å². The topological polar surface area (TPSA) is 46.2 Å². The van der Waals surface area contributed by atoms with Crippen molar-refractivity contribution in [1.29, 1.82) is 0 Å². The minimum absolute atomic E-state index is 0.142. The zero-order valence-electron chi connectivity index (χ0n) is 14.0. The first kappa shape index (κ1) is 17.4. The molecule has 3 nitrogen and oxygen atoms in total. The Balaban J connectivity index is 1.79. The molecule has 1 N–H and O–H groups in total. The summed E-state index contributed by atoms with van der Waals surface area (Å²) in [6.45, 7) is 5.98. The number of ketones is 1. The zero-order valence-corrected chi connectivity index (χ0v) is 14.8. The largest absolute Gasteiger partial charge is 0.326 e. The van der Waals surface area contributed by atoms with Crippen LogP contribution in [-0.4, -0.2) is 17.4 Å². The van der Waals surface area contributed by atoms with Crippen LogP contribution >= 0.6 is 11.8 Å². The number of fused-ring (bicyclic) bond motifs is 2. The van der Waals surface area contributed by atoms with E-state index in [9.17, 15) is 18.4 Å². The molecule has 0 aromatic heterocycles. The highest BCUT2D eigenvalue weighted by molar-refractivity contribution is 7.99. The molecule has 2 saturated carbocycles. The Kier molecular flexibility index (Phi) is 4.02.